The maximum absolute atomic E-state index is 12.4. The molecule has 7 heteroatoms. The minimum absolute atomic E-state index is 0.132. The Balaban J connectivity index is 1.60. The number of benzene rings is 1. The average Bonchev–Trinajstić information content (AvgIpc) is 3.01. The molecule has 0 radical (unpaired) electrons. The van der Waals surface area contributed by atoms with Gasteiger partial charge in [-0.15, -0.1) is 0 Å². The van der Waals surface area contributed by atoms with Crippen LogP contribution in [0.25, 0.3) is 0 Å². The molecule has 3 rings (SSSR count). The molecule has 0 N–H and O–H groups in total. The van der Waals surface area contributed by atoms with Crippen molar-refractivity contribution in [3.8, 4) is 0 Å². The predicted molar refractivity (Wildman–Crippen MR) is 85.9 cm³/mol. The standard InChI is InChI=1S/C16H21N3O3S/c1-13-17-16(22-18-13)14-6-5-9-19(12-14)10-11-23(20,21)15-7-3-2-4-8-15/h2-4,7-8,14H,5-6,9-12H2,1H3. The van der Waals surface area contributed by atoms with E-state index in [0.29, 0.717) is 23.2 Å². The molecule has 0 amide bonds. The molecule has 124 valence electrons. The van der Waals surface area contributed by atoms with Crippen molar-refractivity contribution in [3.63, 3.8) is 0 Å². The maximum Gasteiger partial charge on any atom is 0.231 e. The zero-order valence-corrected chi connectivity index (χ0v) is 14.0. The summed E-state index contributed by atoms with van der Waals surface area (Å²) in [5.74, 6) is 1.64. The number of piperidine rings is 1. The summed E-state index contributed by atoms with van der Waals surface area (Å²) >= 11 is 0. The fourth-order valence-corrected chi connectivity index (χ4v) is 4.24. The van der Waals surface area contributed by atoms with Gasteiger partial charge in [-0.05, 0) is 38.4 Å². The molecule has 1 fully saturated rings. The monoisotopic (exact) mass is 335 g/mol. The summed E-state index contributed by atoms with van der Waals surface area (Å²) in [5, 5.41) is 3.84. The SMILES string of the molecule is Cc1noc(C2CCCN(CCS(=O)(=O)c3ccccc3)C2)n1. The predicted octanol–water partition coefficient (Wildman–Crippen LogP) is 2.03. The molecule has 1 aliphatic heterocycles. The molecule has 0 aliphatic carbocycles. The van der Waals surface area contributed by atoms with Gasteiger partial charge in [0.2, 0.25) is 5.89 Å². The average molecular weight is 335 g/mol. The molecule has 1 atom stereocenters. The molecule has 1 saturated heterocycles. The summed E-state index contributed by atoms with van der Waals surface area (Å²) in [4.78, 5) is 6.87. The fourth-order valence-electron chi connectivity index (χ4n) is 2.93. The van der Waals surface area contributed by atoms with Crippen molar-refractivity contribution in [1.29, 1.82) is 0 Å². The molecule has 6 nitrogen and oxygen atoms in total. The number of hydrogen-bond donors (Lipinski definition) is 0. The van der Waals surface area contributed by atoms with Crippen LogP contribution in [0.4, 0.5) is 0 Å². The Morgan fingerprint density at radius 1 is 1.30 bits per heavy atom. The van der Waals surface area contributed by atoms with Crippen molar-refractivity contribution in [2.24, 2.45) is 0 Å². The normalized spacial score (nSPS) is 19.8. The van der Waals surface area contributed by atoms with Crippen molar-refractivity contribution < 1.29 is 12.9 Å². The van der Waals surface area contributed by atoms with E-state index in [1.807, 2.05) is 6.07 Å². The first kappa shape index (κ1) is 16.1. The van der Waals surface area contributed by atoms with Crippen molar-refractivity contribution in [3.05, 3.63) is 42.0 Å². The van der Waals surface area contributed by atoms with Crippen LogP contribution in [0, 0.1) is 6.92 Å². The summed E-state index contributed by atoms with van der Waals surface area (Å²) in [7, 11) is -3.23. The molecule has 1 unspecified atom stereocenters. The fraction of sp³-hybridized carbons (Fsp3) is 0.500. The van der Waals surface area contributed by atoms with Crippen LogP contribution >= 0.6 is 0 Å². The lowest BCUT2D eigenvalue weighted by molar-refractivity contribution is 0.195. The van der Waals surface area contributed by atoms with Gasteiger partial charge in [-0.3, -0.25) is 0 Å². The highest BCUT2D eigenvalue weighted by molar-refractivity contribution is 7.91. The van der Waals surface area contributed by atoms with Gasteiger partial charge in [-0.25, -0.2) is 8.42 Å². The Bertz CT molecular complexity index is 743. The first-order valence-electron chi connectivity index (χ1n) is 7.85. The number of sulfone groups is 1. The molecule has 0 saturated carbocycles. The molecular weight excluding hydrogens is 314 g/mol. The Kier molecular flexibility index (Phi) is 4.77. The van der Waals surface area contributed by atoms with E-state index in [4.69, 9.17) is 4.52 Å². The van der Waals surface area contributed by atoms with E-state index >= 15 is 0 Å². The van der Waals surface area contributed by atoms with Crippen LogP contribution in [0.1, 0.15) is 30.5 Å². The van der Waals surface area contributed by atoms with Crippen molar-refractivity contribution in [1.82, 2.24) is 15.0 Å². The highest BCUT2D eigenvalue weighted by Crippen LogP contribution is 2.25. The van der Waals surface area contributed by atoms with Crippen molar-refractivity contribution in [2.45, 2.75) is 30.6 Å². The van der Waals surface area contributed by atoms with E-state index < -0.39 is 9.84 Å². The molecular formula is C16H21N3O3S. The number of nitrogens with zero attached hydrogens (tertiary/aromatic N) is 3. The Hall–Kier alpha value is -1.73. The molecule has 1 aromatic heterocycles. The maximum atomic E-state index is 12.4. The smallest absolute Gasteiger partial charge is 0.231 e. The lowest BCUT2D eigenvalue weighted by Crippen LogP contribution is -2.37. The Labute approximate surface area is 136 Å². The first-order chi connectivity index (χ1) is 11.0. The van der Waals surface area contributed by atoms with E-state index in [0.717, 1.165) is 25.9 Å². The second kappa shape index (κ2) is 6.80. The number of aryl methyl sites for hydroxylation is 1. The molecule has 2 heterocycles. The lowest BCUT2D eigenvalue weighted by Gasteiger charge is -2.30. The van der Waals surface area contributed by atoms with Crippen LogP contribution in [-0.4, -0.2) is 48.8 Å². The molecule has 0 spiro atoms. The Morgan fingerprint density at radius 3 is 2.78 bits per heavy atom. The quantitative estimate of drug-likeness (QED) is 0.832. The van der Waals surface area contributed by atoms with Crippen LogP contribution in [0.5, 0.6) is 0 Å². The third-order valence-electron chi connectivity index (χ3n) is 4.18. The van der Waals surface area contributed by atoms with Gasteiger partial charge in [0.1, 0.15) is 0 Å². The summed E-state index contributed by atoms with van der Waals surface area (Å²) < 4.78 is 30.0. The highest BCUT2D eigenvalue weighted by atomic mass is 32.2. The molecule has 23 heavy (non-hydrogen) atoms. The van der Waals surface area contributed by atoms with Gasteiger partial charge in [0.15, 0.2) is 15.7 Å². The topological polar surface area (TPSA) is 76.3 Å². The van der Waals surface area contributed by atoms with E-state index in [-0.39, 0.29) is 11.7 Å². The van der Waals surface area contributed by atoms with Crippen molar-refractivity contribution in [2.75, 3.05) is 25.4 Å². The Morgan fingerprint density at radius 2 is 2.09 bits per heavy atom. The third kappa shape index (κ3) is 3.97. The highest BCUT2D eigenvalue weighted by Gasteiger charge is 2.26. The van der Waals surface area contributed by atoms with Gasteiger partial charge in [-0.2, -0.15) is 4.98 Å². The van der Waals surface area contributed by atoms with Crippen molar-refractivity contribution >= 4 is 9.84 Å². The largest absolute Gasteiger partial charge is 0.339 e. The van der Waals surface area contributed by atoms with Crippen LogP contribution < -0.4 is 0 Å². The summed E-state index contributed by atoms with van der Waals surface area (Å²) in [6.07, 6.45) is 2.01. The van der Waals surface area contributed by atoms with Gasteiger partial charge in [0.25, 0.3) is 0 Å². The molecule has 1 aliphatic rings. The minimum Gasteiger partial charge on any atom is -0.339 e. The zero-order chi connectivity index (χ0) is 16.3. The summed E-state index contributed by atoms with van der Waals surface area (Å²) in [5.41, 5.74) is 0. The minimum atomic E-state index is -3.23. The van der Waals surface area contributed by atoms with E-state index in [1.54, 1.807) is 31.2 Å². The van der Waals surface area contributed by atoms with E-state index in [1.165, 1.54) is 0 Å². The van der Waals surface area contributed by atoms with Gasteiger partial charge in [-0.1, -0.05) is 23.4 Å². The van der Waals surface area contributed by atoms with Crippen LogP contribution in [0.3, 0.4) is 0 Å². The number of likely N-dealkylation sites (tertiary alicyclic amines) is 1. The van der Waals surface area contributed by atoms with Crippen LogP contribution in [0.15, 0.2) is 39.8 Å². The second-order valence-corrected chi connectivity index (χ2v) is 8.06. The third-order valence-corrected chi connectivity index (χ3v) is 5.89. The molecule has 0 bridgehead atoms. The van der Waals surface area contributed by atoms with Crippen LogP contribution in [0.2, 0.25) is 0 Å². The number of aromatic nitrogens is 2. The van der Waals surface area contributed by atoms with E-state index in [9.17, 15) is 8.42 Å². The van der Waals surface area contributed by atoms with Gasteiger partial charge in [0, 0.05) is 13.1 Å². The summed E-state index contributed by atoms with van der Waals surface area (Å²) in [6.45, 7) is 4.01. The van der Waals surface area contributed by atoms with E-state index in [2.05, 4.69) is 15.0 Å². The zero-order valence-electron chi connectivity index (χ0n) is 13.2. The summed E-state index contributed by atoms with van der Waals surface area (Å²) in [6, 6.07) is 8.62. The van der Waals surface area contributed by atoms with Gasteiger partial charge < -0.3 is 9.42 Å². The van der Waals surface area contributed by atoms with Crippen LogP contribution in [-0.2, 0) is 9.84 Å². The van der Waals surface area contributed by atoms with Gasteiger partial charge >= 0.3 is 0 Å². The number of hydrogen-bond acceptors (Lipinski definition) is 6. The molecule has 2 aromatic rings. The second-order valence-electron chi connectivity index (χ2n) is 5.95. The lowest BCUT2D eigenvalue weighted by atomic mass is 9.98. The molecule has 1 aromatic carbocycles. The van der Waals surface area contributed by atoms with Gasteiger partial charge in [0.05, 0.1) is 16.6 Å². The number of rotatable bonds is 5. The first-order valence-corrected chi connectivity index (χ1v) is 9.50.